The normalized spacial score (nSPS) is 14.1. The Labute approximate surface area is 181 Å². The van der Waals surface area contributed by atoms with E-state index in [4.69, 9.17) is 4.74 Å². The lowest BCUT2D eigenvalue weighted by atomic mass is 10.1. The number of carbonyl (C=O) groups is 1. The molecule has 0 saturated carbocycles. The van der Waals surface area contributed by atoms with E-state index in [1.165, 1.54) is 5.56 Å². The molecule has 0 unspecified atom stereocenters. The first-order chi connectivity index (χ1) is 14.8. The third-order valence-electron chi connectivity index (χ3n) is 5.05. The first-order valence-corrected chi connectivity index (χ1v) is 11.3. The zero-order valence-electron chi connectivity index (χ0n) is 16.9. The van der Waals surface area contributed by atoms with E-state index in [0.29, 0.717) is 19.6 Å². The molecule has 6 nitrogen and oxygen atoms in total. The molecule has 4 rings (SSSR count). The van der Waals surface area contributed by atoms with Crippen LogP contribution in [-0.2, 0) is 11.3 Å². The first-order valence-electron chi connectivity index (χ1n) is 10.3. The fourth-order valence-corrected chi connectivity index (χ4v) is 4.33. The molecular formula is C23H26N4O2S. The number of ether oxygens (including phenoxy) is 1. The molecule has 1 aromatic heterocycles. The predicted octanol–water partition coefficient (Wildman–Crippen LogP) is 3.92. The summed E-state index contributed by atoms with van der Waals surface area (Å²) in [5, 5.41) is 9.86. The number of Topliss-reactive ketones (excluding diaryl/α,β-unsaturated/α-hetero) is 1. The molecule has 7 heteroatoms. The first kappa shape index (κ1) is 20.6. The predicted molar refractivity (Wildman–Crippen MR) is 119 cm³/mol. The van der Waals surface area contributed by atoms with Gasteiger partial charge < -0.3 is 9.64 Å². The summed E-state index contributed by atoms with van der Waals surface area (Å²) in [5.74, 6) is 1.91. The molecule has 1 saturated heterocycles. The molecule has 0 aliphatic carbocycles. The van der Waals surface area contributed by atoms with Crippen molar-refractivity contribution in [3.05, 3.63) is 71.8 Å². The minimum absolute atomic E-state index is 0.191. The van der Waals surface area contributed by atoms with Gasteiger partial charge >= 0.3 is 0 Å². The Balaban J connectivity index is 1.41. The van der Waals surface area contributed by atoms with Crippen LogP contribution in [0.2, 0.25) is 0 Å². The van der Waals surface area contributed by atoms with Crippen molar-refractivity contribution in [1.82, 2.24) is 14.8 Å². The molecule has 1 aliphatic rings. The fraction of sp³-hybridized carbons (Fsp3) is 0.348. The van der Waals surface area contributed by atoms with E-state index in [2.05, 4.69) is 43.9 Å². The van der Waals surface area contributed by atoms with Gasteiger partial charge in [0.2, 0.25) is 5.95 Å². The van der Waals surface area contributed by atoms with E-state index >= 15 is 0 Å². The van der Waals surface area contributed by atoms with Crippen LogP contribution in [0, 0.1) is 0 Å². The highest BCUT2D eigenvalue weighted by molar-refractivity contribution is 7.99. The fourth-order valence-electron chi connectivity index (χ4n) is 3.45. The van der Waals surface area contributed by atoms with Crippen molar-refractivity contribution >= 4 is 23.5 Å². The summed E-state index contributed by atoms with van der Waals surface area (Å²) in [6.45, 7) is 3.79. The summed E-state index contributed by atoms with van der Waals surface area (Å²) >= 11 is 1.67. The van der Waals surface area contributed by atoms with Gasteiger partial charge in [0.25, 0.3) is 0 Å². The summed E-state index contributed by atoms with van der Waals surface area (Å²) in [5.41, 5.74) is 2.00. The Morgan fingerprint density at radius 1 is 0.967 bits per heavy atom. The van der Waals surface area contributed by atoms with Gasteiger partial charge in [0.1, 0.15) is 0 Å². The van der Waals surface area contributed by atoms with Crippen molar-refractivity contribution < 1.29 is 9.53 Å². The van der Waals surface area contributed by atoms with Crippen molar-refractivity contribution in [3.63, 3.8) is 0 Å². The third kappa shape index (κ3) is 5.29. The molecule has 2 heterocycles. The molecule has 1 fully saturated rings. The van der Waals surface area contributed by atoms with Gasteiger partial charge in [0.05, 0.1) is 19.8 Å². The highest BCUT2D eigenvalue weighted by atomic mass is 32.2. The molecule has 0 bridgehead atoms. The third-order valence-corrected chi connectivity index (χ3v) is 6.10. The maximum absolute atomic E-state index is 12.3. The van der Waals surface area contributed by atoms with Gasteiger partial charge in [-0.3, -0.25) is 9.36 Å². The van der Waals surface area contributed by atoms with Gasteiger partial charge in [-0.1, -0.05) is 72.4 Å². The minimum Gasteiger partial charge on any atom is -0.378 e. The number of thioether (sulfide) groups is 1. The number of benzene rings is 2. The second-order valence-electron chi connectivity index (χ2n) is 7.19. The Hall–Kier alpha value is -2.64. The molecule has 0 atom stereocenters. The van der Waals surface area contributed by atoms with E-state index in [0.717, 1.165) is 48.5 Å². The van der Waals surface area contributed by atoms with Crippen LogP contribution in [0.25, 0.3) is 0 Å². The summed E-state index contributed by atoms with van der Waals surface area (Å²) in [6.07, 6.45) is 1.35. The van der Waals surface area contributed by atoms with Crippen LogP contribution in [0.5, 0.6) is 0 Å². The van der Waals surface area contributed by atoms with Gasteiger partial charge in [-0.15, -0.1) is 10.2 Å². The van der Waals surface area contributed by atoms with Crippen molar-refractivity contribution in [2.75, 3.05) is 37.0 Å². The number of nitrogens with zero attached hydrogens (tertiary/aromatic N) is 4. The molecule has 0 radical (unpaired) electrons. The zero-order chi connectivity index (χ0) is 20.6. The molecule has 156 valence electrons. The number of ketones is 1. The maximum Gasteiger partial charge on any atom is 0.228 e. The van der Waals surface area contributed by atoms with Crippen molar-refractivity contribution in [1.29, 1.82) is 0 Å². The summed E-state index contributed by atoms with van der Waals surface area (Å²) in [7, 11) is 0. The van der Waals surface area contributed by atoms with Crippen molar-refractivity contribution in [2.45, 2.75) is 24.5 Å². The SMILES string of the molecule is O=C(CCCSc1nnc(N2CCOCC2)n1Cc1ccccc1)c1ccccc1. The lowest BCUT2D eigenvalue weighted by Gasteiger charge is -2.28. The van der Waals surface area contributed by atoms with Gasteiger partial charge in [-0.05, 0) is 12.0 Å². The smallest absolute Gasteiger partial charge is 0.228 e. The summed E-state index contributed by atoms with van der Waals surface area (Å²) in [4.78, 5) is 14.6. The number of hydrogen-bond donors (Lipinski definition) is 0. The number of carbonyl (C=O) groups excluding carboxylic acids is 1. The van der Waals surface area contributed by atoms with Crippen LogP contribution >= 0.6 is 11.8 Å². The minimum atomic E-state index is 0.191. The highest BCUT2D eigenvalue weighted by Crippen LogP contribution is 2.25. The molecule has 0 spiro atoms. The molecule has 0 N–H and O–H groups in total. The molecule has 1 aliphatic heterocycles. The monoisotopic (exact) mass is 422 g/mol. The average molecular weight is 423 g/mol. The standard InChI is InChI=1S/C23H26N4O2S/c28-21(20-10-5-2-6-11-20)12-7-17-30-23-25-24-22(26-13-15-29-16-14-26)27(23)18-19-8-3-1-4-9-19/h1-6,8-11H,7,12-18H2. The molecule has 30 heavy (non-hydrogen) atoms. The van der Waals surface area contributed by atoms with Crippen LogP contribution < -0.4 is 4.90 Å². The lowest BCUT2D eigenvalue weighted by Crippen LogP contribution is -2.38. The van der Waals surface area contributed by atoms with Crippen LogP contribution in [-0.4, -0.2) is 52.6 Å². The van der Waals surface area contributed by atoms with Gasteiger partial charge in [-0.2, -0.15) is 0 Å². The largest absolute Gasteiger partial charge is 0.378 e. The molecule has 2 aromatic carbocycles. The molecule has 3 aromatic rings. The Morgan fingerprint density at radius 3 is 2.40 bits per heavy atom. The Bertz CT molecular complexity index is 940. The second kappa shape index (κ2) is 10.4. The Kier molecular flexibility index (Phi) is 7.16. The summed E-state index contributed by atoms with van der Waals surface area (Å²) in [6, 6.07) is 19.9. The van der Waals surface area contributed by atoms with E-state index in [1.807, 2.05) is 36.4 Å². The number of morpholine rings is 1. The molecule has 0 amide bonds. The van der Waals surface area contributed by atoms with Gasteiger partial charge in [0, 0.05) is 30.8 Å². The number of anilines is 1. The van der Waals surface area contributed by atoms with Crippen LogP contribution in [0.1, 0.15) is 28.8 Å². The summed E-state index contributed by atoms with van der Waals surface area (Å²) < 4.78 is 7.67. The van der Waals surface area contributed by atoms with Crippen molar-refractivity contribution in [3.8, 4) is 0 Å². The number of aromatic nitrogens is 3. The van der Waals surface area contributed by atoms with Crippen LogP contribution in [0.3, 0.4) is 0 Å². The van der Waals surface area contributed by atoms with Crippen molar-refractivity contribution in [2.24, 2.45) is 0 Å². The van der Waals surface area contributed by atoms with E-state index in [9.17, 15) is 4.79 Å². The highest BCUT2D eigenvalue weighted by Gasteiger charge is 2.21. The van der Waals surface area contributed by atoms with E-state index < -0.39 is 0 Å². The van der Waals surface area contributed by atoms with Gasteiger partial charge in [0.15, 0.2) is 10.9 Å². The number of hydrogen-bond acceptors (Lipinski definition) is 6. The second-order valence-corrected chi connectivity index (χ2v) is 8.26. The van der Waals surface area contributed by atoms with Crippen LogP contribution in [0.4, 0.5) is 5.95 Å². The maximum atomic E-state index is 12.3. The van der Waals surface area contributed by atoms with Gasteiger partial charge in [-0.25, -0.2) is 0 Å². The molecular weight excluding hydrogens is 396 g/mol. The van der Waals surface area contributed by atoms with Crippen LogP contribution in [0.15, 0.2) is 65.8 Å². The number of rotatable bonds is 9. The topological polar surface area (TPSA) is 60.3 Å². The zero-order valence-corrected chi connectivity index (χ0v) is 17.8. The average Bonchev–Trinajstić information content (AvgIpc) is 3.20. The lowest BCUT2D eigenvalue weighted by molar-refractivity contribution is 0.0982. The van der Waals surface area contributed by atoms with E-state index in [-0.39, 0.29) is 5.78 Å². The van der Waals surface area contributed by atoms with E-state index in [1.54, 1.807) is 11.8 Å². The Morgan fingerprint density at radius 2 is 1.67 bits per heavy atom. The quantitative estimate of drug-likeness (QED) is 0.296.